The Morgan fingerprint density at radius 3 is 1.32 bits per heavy atom. The summed E-state index contributed by atoms with van der Waals surface area (Å²) in [6, 6.07) is 24.3. The molecular weight excluding hydrogens is 1720 g/mol. The number of hydrazine groups is 4. The van der Waals surface area contributed by atoms with Crippen molar-refractivity contribution in [3.63, 3.8) is 0 Å². The molecule has 5 aromatic heterocycles. The quantitative estimate of drug-likeness (QED) is 0.0264. The third-order valence-electron chi connectivity index (χ3n) is 22.6. The molecule has 7 aliphatic rings. The Bertz CT molecular complexity index is 4680. The summed E-state index contributed by atoms with van der Waals surface area (Å²) >= 11 is 36.6. The fourth-order valence-corrected chi connectivity index (χ4v) is 18.3. The predicted molar refractivity (Wildman–Crippen MR) is 473 cm³/mol. The Morgan fingerprint density at radius 2 is 0.821 bits per heavy atom. The fourth-order valence-electron chi connectivity index (χ4n) is 16.6. The van der Waals surface area contributed by atoms with Crippen LogP contribution in [0.3, 0.4) is 0 Å². The van der Waals surface area contributed by atoms with Crippen molar-refractivity contribution in [1.29, 1.82) is 0 Å². The number of nitrogens with one attached hydrogen (secondary N) is 4. The Balaban J connectivity index is 0.000000136. The minimum absolute atomic E-state index is 0.0618. The van der Waals surface area contributed by atoms with E-state index in [1.165, 1.54) is 36.8 Å². The third-order valence-corrected chi connectivity index (χ3v) is 24.9. The lowest BCUT2D eigenvalue weighted by atomic mass is 10.0. The average Bonchev–Trinajstić information content (AvgIpc) is 1.66. The lowest BCUT2D eigenvalue weighted by Gasteiger charge is -2.26. The minimum Gasteiger partial charge on any atom is -0.492 e. The fraction of sp³-hybridized carbons (Fsp3) is 0.540. The number of benzene rings is 4. The summed E-state index contributed by atoms with van der Waals surface area (Å²) in [6.07, 6.45) is 29.4. The molecule has 0 unspecified atom stereocenters. The van der Waals surface area contributed by atoms with E-state index in [1.54, 1.807) is 0 Å². The molecule has 30 heteroatoms. The summed E-state index contributed by atoms with van der Waals surface area (Å²) in [7, 11) is 0. The van der Waals surface area contributed by atoms with Crippen LogP contribution in [0, 0.1) is 6.92 Å². The smallest absolute Gasteiger partial charge is 0.289 e. The number of unbranched alkanes of at least 4 members (excludes halogenated alkanes) is 8. The number of hydrogen-bond donors (Lipinski definition) is 4. The van der Waals surface area contributed by atoms with Gasteiger partial charge in [-0.3, -0.25) is 59.6 Å². The first kappa shape index (κ1) is 88.0. The first-order valence-electron chi connectivity index (χ1n) is 42.5. The number of carbonyl (C=O) groups is 4. The highest BCUT2D eigenvalue weighted by atomic mass is 79.9. The Hall–Kier alpha value is -6.75. The highest BCUT2D eigenvalue weighted by Crippen LogP contribution is 2.43. The number of rotatable bonds is 28. The predicted octanol–water partition coefficient (Wildman–Crippen LogP) is 19.4. The molecule has 0 atom stereocenters. The van der Waals surface area contributed by atoms with Crippen molar-refractivity contribution < 1.29 is 33.1 Å². The van der Waals surface area contributed by atoms with Gasteiger partial charge in [-0.2, -0.15) is 20.4 Å². The van der Waals surface area contributed by atoms with Gasteiger partial charge in [0.25, 0.3) is 23.6 Å². The molecule has 117 heavy (non-hydrogen) atoms. The summed E-state index contributed by atoms with van der Waals surface area (Å²) in [5.74, 6) is 3.72. The number of piperidine rings is 4. The highest BCUT2D eigenvalue weighted by Gasteiger charge is 2.34. The van der Waals surface area contributed by atoms with E-state index in [1.807, 2.05) is 78.5 Å². The van der Waals surface area contributed by atoms with Crippen molar-refractivity contribution in [2.75, 3.05) is 82.5 Å². The highest BCUT2D eigenvalue weighted by molar-refractivity contribution is 9.10. The van der Waals surface area contributed by atoms with E-state index in [-0.39, 0.29) is 23.6 Å². The monoisotopic (exact) mass is 1820 g/mol. The number of carbonyl (C=O) groups excluding carboxylic acids is 4. The number of alkyl halides is 4. The molecule has 4 fully saturated rings. The van der Waals surface area contributed by atoms with E-state index in [4.69, 9.17) is 87.2 Å². The molecule has 0 saturated carbocycles. The second-order valence-corrected chi connectivity index (χ2v) is 35.1. The zero-order valence-electron chi connectivity index (χ0n) is 67.3. The number of hydrogen-bond acceptors (Lipinski definition) is 15. The average molecular weight is 1830 g/mol. The molecule has 630 valence electrons. The van der Waals surface area contributed by atoms with Gasteiger partial charge in [0, 0.05) is 161 Å². The van der Waals surface area contributed by atoms with Crippen LogP contribution in [0.5, 0.6) is 11.5 Å². The zero-order chi connectivity index (χ0) is 81.6. The van der Waals surface area contributed by atoms with Crippen LogP contribution in [0.2, 0.25) is 5.02 Å². The molecular formula is C87H111Br2Cl5N16O7. The molecule has 0 radical (unpaired) electrons. The standard InChI is InChI=1S/C23H30BrClN4O.C22H28Cl2N4O2.C21H26BrClN4O2.C21H27ClN4O2/c24-18-10-11-19-17(16-18)8-7-9-20-21(23(30)27-28-13-4-2-5-14-28)26-29(22(19)20)15-6-1-3-12-25;23-10-3-1-6-13-28-21-17-8-7-16(24)15-19(17)30-14-9-18(21)20(25-28)22(29)26-27-11-4-2-5-12-27;22-15-7-8-16-18(13-15)29-14-17-19(21(28)25-26-10-4-2-5-11-26)24-27(20(16)17)12-6-1-3-9-23;1-15-8-9-16-17(14-15)28-20-18(21(27)24-25-11-5-3-6-12-25)23-26(19(16)20)13-7-2-4-10-22/h10-11,16H,1-9,12-15H2,(H,27,30);7-8,15H,1-6,9-14H2,(H,26,29);7-8,13H,1-6,9-12,14H2,(H,25,28);8-9,14H,2-7,10-13H2,1H3,(H,24,27). The van der Waals surface area contributed by atoms with E-state index in [0.29, 0.717) is 76.5 Å². The van der Waals surface area contributed by atoms with Crippen molar-refractivity contribution in [2.24, 2.45) is 0 Å². The van der Waals surface area contributed by atoms with Gasteiger partial charge in [-0.1, -0.05) is 107 Å². The number of aryl methyl sites for hydroxylation is 6. The van der Waals surface area contributed by atoms with Gasteiger partial charge in [0.05, 0.1) is 23.7 Å². The van der Waals surface area contributed by atoms with Gasteiger partial charge in [-0.25, -0.2) is 20.0 Å². The lowest BCUT2D eigenvalue weighted by molar-refractivity contribution is 0.0734. The van der Waals surface area contributed by atoms with Gasteiger partial charge in [0.15, 0.2) is 28.4 Å². The van der Waals surface area contributed by atoms with Gasteiger partial charge >= 0.3 is 0 Å². The lowest BCUT2D eigenvalue weighted by Crippen LogP contribution is -2.45. The van der Waals surface area contributed by atoms with Crippen LogP contribution in [0.4, 0.5) is 0 Å². The van der Waals surface area contributed by atoms with E-state index in [2.05, 4.69) is 98.7 Å². The Kier molecular flexibility index (Phi) is 33.2. The summed E-state index contributed by atoms with van der Waals surface area (Å²) in [4.78, 5) is 52.3. The summed E-state index contributed by atoms with van der Waals surface area (Å²) in [5.41, 5.74) is 28.1. The molecule has 4 amide bonds. The molecule has 6 aliphatic heterocycles. The molecule has 9 aromatic rings. The van der Waals surface area contributed by atoms with Crippen LogP contribution < -0.4 is 31.2 Å². The van der Waals surface area contributed by atoms with Crippen molar-refractivity contribution >= 4 is 136 Å². The van der Waals surface area contributed by atoms with Gasteiger partial charge in [-0.15, -0.1) is 46.4 Å². The summed E-state index contributed by atoms with van der Waals surface area (Å²) in [5, 5.41) is 28.7. The largest absolute Gasteiger partial charge is 0.492 e. The maximum atomic E-state index is 13.2. The normalized spacial score (nSPS) is 16.1. The summed E-state index contributed by atoms with van der Waals surface area (Å²) in [6.45, 7) is 13.1. The number of fused-ring (bicyclic) bond motifs is 12. The number of nitrogens with zero attached hydrogens (tertiary/aromatic N) is 12. The topological polar surface area (TPSA) is 232 Å². The van der Waals surface area contributed by atoms with Crippen molar-refractivity contribution in [1.82, 2.24) is 80.9 Å². The number of halogens is 7. The zero-order valence-corrected chi connectivity index (χ0v) is 74.3. The van der Waals surface area contributed by atoms with E-state index < -0.39 is 0 Å². The van der Waals surface area contributed by atoms with Crippen LogP contribution in [0.25, 0.3) is 55.8 Å². The molecule has 11 heterocycles. The Labute approximate surface area is 728 Å². The number of furan rings is 1. The molecule has 4 aromatic carbocycles. The third kappa shape index (κ3) is 22.9. The van der Waals surface area contributed by atoms with Crippen molar-refractivity contribution in [3.05, 3.63) is 137 Å². The first-order valence-corrected chi connectivity index (χ1v) is 46.6. The number of ether oxygens (including phenoxy) is 2. The molecule has 23 nitrogen and oxygen atoms in total. The van der Waals surface area contributed by atoms with Crippen LogP contribution in [-0.4, -0.2) is 165 Å². The number of amides is 4. The Morgan fingerprint density at radius 1 is 0.410 bits per heavy atom. The second-order valence-electron chi connectivity index (χ2n) is 31.3. The SMILES string of the molecule is Cc1ccc2c(c1)oc1c(C(=O)NN3CCCCC3)nn(CCCCCCl)c12.O=C(NN1CCCCC1)c1nn(CCCCCCl)c2c1CCCc1cc(Br)ccc1-2.O=C(NN1CCCCC1)c1nn(CCCCCCl)c2c1CCOc1cc(Cl)ccc1-2.O=C(NN1CCCCC1)c1nn(CCCCCCl)c2c1COc1cc(Br)ccc1-2. The van der Waals surface area contributed by atoms with E-state index in [0.717, 1.165) is 314 Å². The minimum atomic E-state index is -0.192. The van der Waals surface area contributed by atoms with Gasteiger partial charge < -0.3 is 13.9 Å². The summed E-state index contributed by atoms with van der Waals surface area (Å²) < 4.78 is 28.1. The number of aromatic nitrogens is 8. The van der Waals surface area contributed by atoms with Crippen LogP contribution in [0.1, 0.15) is 230 Å². The van der Waals surface area contributed by atoms with E-state index >= 15 is 0 Å². The van der Waals surface area contributed by atoms with Crippen LogP contribution >= 0.6 is 89.9 Å². The van der Waals surface area contributed by atoms with Crippen molar-refractivity contribution in [3.8, 4) is 45.3 Å². The molecule has 0 bridgehead atoms. The maximum absolute atomic E-state index is 13.2. The van der Waals surface area contributed by atoms with Gasteiger partial charge in [-0.05, 0) is 201 Å². The molecule has 0 spiro atoms. The van der Waals surface area contributed by atoms with Gasteiger partial charge in [0.2, 0.25) is 0 Å². The second kappa shape index (κ2) is 44.2. The van der Waals surface area contributed by atoms with E-state index in [9.17, 15) is 19.2 Å². The molecule has 1 aliphatic carbocycles. The van der Waals surface area contributed by atoms with Crippen LogP contribution in [-0.2, 0) is 52.0 Å². The van der Waals surface area contributed by atoms with Gasteiger partial charge in [0.1, 0.15) is 29.2 Å². The molecule has 16 rings (SSSR count). The maximum Gasteiger partial charge on any atom is 0.289 e. The van der Waals surface area contributed by atoms with Crippen molar-refractivity contribution in [2.45, 2.75) is 219 Å². The molecule has 4 saturated heterocycles. The first-order chi connectivity index (χ1) is 57.2. The molecule has 4 N–H and O–H groups in total. The van der Waals surface area contributed by atoms with Crippen LogP contribution in [0.15, 0.2) is 86.2 Å².